The van der Waals surface area contributed by atoms with Crippen LogP contribution in [0.1, 0.15) is 29.9 Å². The Hall–Kier alpha value is -5.33. The number of benzene rings is 1. The highest BCUT2D eigenvalue weighted by Gasteiger charge is 2.24. The van der Waals surface area contributed by atoms with Crippen LogP contribution in [-0.2, 0) is 33.7 Å². The molecule has 0 spiro atoms. The molecular formula is C31H36N8O5. The van der Waals surface area contributed by atoms with Crippen molar-refractivity contribution in [1.82, 2.24) is 34.3 Å². The average molecular weight is 601 g/mol. The van der Waals surface area contributed by atoms with Crippen LogP contribution >= 0.6 is 0 Å². The number of carbonyl (C=O) groups is 3. The van der Waals surface area contributed by atoms with Crippen molar-refractivity contribution in [3.05, 3.63) is 94.6 Å². The molecule has 44 heavy (non-hydrogen) atoms. The maximum absolute atomic E-state index is 13.3. The summed E-state index contributed by atoms with van der Waals surface area (Å²) >= 11 is 0. The van der Waals surface area contributed by atoms with Crippen LogP contribution in [0.25, 0.3) is 11.2 Å². The summed E-state index contributed by atoms with van der Waals surface area (Å²) in [5.41, 5.74) is 2.75. The van der Waals surface area contributed by atoms with Crippen LogP contribution < -0.4 is 10.9 Å². The van der Waals surface area contributed by atoms with E-state index in [2.05, 4.69) is 37.4 Å². The second-order valence-corrected chi connectivity index (χ2v) is 10.5. The van der Waals surface area contributed by atoms with E-state index in [0.29, 0.717) is 29.8 Å². The predicted molar refractivity (Wildman–Crippen MR) is 165 cm³/mol. The van der Waals surface area contributed by atoms with Gasteiger partial charge >= 0.3 is 6.09 Å². The number of likely N-dealkylation sites (N-methyl/N-ethyl adjacent to an activating group) is 1. The van der Waals surface area contributed by atoms with Gasteiger partial charge in [0.15, 0.2) is 11.8 Å². The number of imidazole rings is 1. The Morgan fingerprint density at radius 1 is 1.02 bits per heavy atom. The van der Waals surface area contributed by atoms with Crippen LogP contribution in [0.15, 0.2) is 71.9 Å². The van der Waals surface area contributed by atoms with E-state index in [4.69, 9.17) is 4.74 Å². The zero-order valence-electron chi connectivity index (χ0n) is 25.2. The second kappa shape index (κ2) is 14.7. The molecule has 4 aromatic rings. The normalized spacial score (nSPS) is 11.8. The van der Waals surface area contributed by atoms with Crippen molar-refractivity contribution in [3.8, 4) is 0 Å². The van der Waals surface area contributed by atoms with Gasteiger partial charge in [0.05, 0.1) is 12.2 Å². The highest BCUT2D eigenvalue weighted by molar-refractivity contribution is 5.95. The lowest BCUT2D eigenvalue weighted by Gasteiger charge is -2.19. The molecular weight excluding hydrogens is 564 g/mol. The third-order valence-corrected chi connectivity index (χ3v) is 6.70. The number of aromatic amines is 1. The number of amides is 3. The Balaban J connectivity index is 1.47. The van der Waals surface area contributed by atoms with E-state index < -0.39 is 23.7 Å². The van der Waals surface area contributed by atoms with Gasteiger partial charge in [-0.3, -0.25) is 14.4 Å². The van der Waals surface area contributed by atoms with E-state index in [1.807, 2.05) is 18.2 Å². The van der Waals surface area contributed by atoms with Crippen molar-refractivity contribution in [2.75, 3.05) is 33.5 Å². The quantitative estimate of drug-likeness (QED) is 0.235. The lowest BCUT2D eigenvalue weighted by molar-refractivity contribution is -0.125. The van der Waals surface area contributed by atoms with E-state index >= 15 is 0 Å². The number of rotatable bonds is 12. The number of carbonyl (C=O) groups excluding carboxylic acids is 3. The Morgan fingerprint density at radius 3 is 2.52 bits per heavy atom. The first-order chi connectivity index (χ1) is 21.1. The molecule has 2 N–H and O–H groups in total. The number of hydrogen-bond acceptors (Lipinski definition) is 8. The fourth-order valence-electron chi connectivity index (χ4n) is 4.27. The van der Waals surface area contributed by atoms with E-state index in [1.165, 1.54) is 52.5 Å². The van der Waals surface area contributed by atoms with Crippen molar-refractivity contribution in [1.29, 1.82) is 0 Å². The third kappa shape index (κ3) is 8.37. The number of nitrogens with zero attached hydrogens (tertiary/aromatic N) is 6. The SMILES string of the molecule is CN(C)C(=O)/C=C/CC[C@H](OC(=O)N(C)C)C(=O)Nc1cccn(Cc2nc3c(CCc4ccccc4)ncnc3[nH]2)c1=O. The van der Waals surface area contributed by atoms with Crippen LogP contribution in [0.2, 0.25) is 0 Å². The first-order valence-electron chi connectivity index (χ1n) is 14.1. The van der Waals surface area contributed by atoms with E-state index in [9.17, 15) is 19.2 Å². The Labute approximate surface area is 254 Å². The predicted octanol–water partition coefficient (Wildman–Crippen LogP) is 2.78. The largest absolute Gasteiger partial charge is 0.436 e. The fraction of sp³-hybridized carbons (Fsp3) is 0.323. The summed E-state index contributed by atoms with van der Waals surface area (Å²) < 4.78 is 6.77. The summed E-state index contributed by atoms with van der Waals surface area (Å²) in [5, 5.41) is 2.60. The minimum atomic E-state index is -1.19. The average Bonchev–Trinajstić information content (AvgIpc) is 3.42. The number of fused-ring (bicyclic) bond motifs is 1. The molecule has 1 aromatic carbocycles. The number of aryl methyl sites for hydroxylation is 2. The number of hydrogen-bond donors (Lipinski definition) is 2. The molecule has 3 aromatic heterocycles. The van der Waals surface area contributed by atoms with Gasteiger partial charge in [-0.2, -0.15) is 0 Å². The maximum Gasteiger partial charge on any atom is 0.410 e. The topological polar surface area (TPSA) is 155 Å². The van der Waals surface area contributed by atoms with Crippen molar-refractivity contribution in [2.45, 2.75) is 38.3 Å². The standard InChI is InChI=1S/C31H36N8O5/c1-37(2)26(40)15-9-8-14-24(44-31(43)38(3)4)29(41)34-23-13-10-18-39(30(23)42)19-25-35-27-22(32-20-33-28(27)36-25)17-16-21-11-6-5-7-12-21/h5-7,9-13,15,18,20,24H,8,14,16-17,19H2,1-4H3,(H,34,41)(H,32,33,35,36)/b15-9+/t24-/m0/s1. The van der Waals surface area contributed by atoms with Gasteiger partial charge in [0, 0.05) is 34.4 Å². The Bertz CT molecular complexity index is 1690. The minimum absolute atomic E-state index is 0.0150. The number of ether oxygens (including phenoxy) is 1. The summed E-state index contributed by atoms with van der Waals surface area (Å²) in [6, 6.07) is 13.2. The zero-order chi connectivity index (χ0) is 31.6. The van der Waals surface area contributed by atoms with Crippen LogP contribution in [0.4, 0.5) is 10.5 Å². The van der Waals surface area contributed by atoms with Crippen LogP contribution in [0.5, 0.6) is 0 Å². The summed E-state index contributed by atoms with van der Waals surface area (Å²) in [6.07, 6.45) is 6.03. The fourth-order valence-corrected chi connectivity index (χ4v) is 4.27. The van der Waals surface area contributed by atoms with Gasteiger partial charge in [0.2, 0.25) is 5.91 Å². The molecule has 0 fully saturated rings. The van der Waals surface area contributed by atoms with E-state index in [0.717, 1.165) is 12.1 Å². The van der Waals surface area contributed by atoms with Crippen LogP contribution in [0, 0.1) is 0 Å². The van der Waals surface area contributed by atoms with Crippen molar-refractivity contribution in [2.24, 2.45) is 0 Å². The highest BCUT2D eigenvalue weighted by atomic mass is 16.6. The second-order valence-electron chi connectivity index (χ2n) is 10.5. The third-order valence-electron chi connectivity index (χ3n) is 6.70. The molecule has 4 rings (SSSR count). The van der Waals surface area contributed by atoms with E-state index in [1.54, 1.807) is 32.4 Å². The molecule has 3 amide bonds. The molecule has 0 bridgehead atoms. The Morgan fingerprint density at radius 2 is 1.80 bits per heavy atom. The molecule has 1 atom stereocenters. The summed E-state index contributed by atoms with van der Waals surface area (Å²) in [5.74, 6) is -0.366. The van der Waals surface area contributed by atoms with Gasteiger partial charge in [-0.05, 0) is 49.5 Å². The highest BCUT2D eigenvalue weighted by Crippen LogP contribution is 2.16. The number of nitrogens with one attached hydrogen (secondary N) is 2. The molecule has 0 aliphatic carbocycles. The number of pyridine rings is 1. The summed E-state index contributed by atoms with van der Waals surface area (Å²) in [6.45, 7) is 0.0980. The summed E-state index contributed by atoms with van der Waals surface area (Å²) in [4.78, 5) is 69.7. The molecule has 13 heteroatoms. The molecule has 0 aliphatic heterocycles. The number of aromatic nitrogens is 5. The molecule has 0 saturated heterocycles. The van der Waals surface area contributed by atoms with Gasteiger partial charge in [0.1, 0.15) is 23.4 Å². The molecule has 0 saturated carbocycles. The number of anilines is 1. The van der Waals surface area contributed by atoms with Crippen molar-refractivity contribution >= 4 is 34.8 Å². The van der Waals surface area contributed by atoms with Crippen molar-refractivity contribution < 1.29 is 19.1 Å². The van der Waals surface area contributed by atoms with Gasteiger partial charge in [-0.25, -0.2) is 19.7 Å². The zero-order valence-corrected chi connectivity index (χ0v) is 25.2. The first kappa shape index (κ1) is 31.6. The van der Waals surface area contributed by atoms with Crippen LogP contribution in [0.3, 0.4) is 0 Å². The minimum Gasteiger partial charge on any atom is -0.436 e. The van der Waals surface area contributed by atoms with Gasteiger partial charge in [-0.1, -0.05) is 36.4 Å². The van der Waals surface area contributed by atoms with E-state index in [-0.39, 0.29) is 24.6 Å². The lowest BCUT2D eigenvalue weighted by Crippen LogP contribution is -2.37. The molecule has 0 aliphatic rings. The van der Waals surface area contributed by atoms with Gasteiger partial charge < -0.3 is 29.4 Å². The maximum atomic E-state index is 13.3. The first-order valence-corrected chi connectivity index (χ1v) is 14.1. The smallest absolute Gasteiger partial charge is 0.410 e. The van der Waals surface area contributed by atoms with Gasteiger partial charge in [0.25, 0.3) is 11.5 Å². The molecule has 0 unspecified atom stereocenters. The lowest BCUT2D eigenvalue weighted by atomic mass is 10.1. The summed E-state index contributed by atoms with van der Waals surface area (Å²) in [7, 11) is 6.25. The van der Waals surface area contributed by atoms with Gasteiger partial charge in [-0.15, -0.1) is 0 Å². The van der Waals surface area contributed by atoms with Crippen molar-refractivity contribution in [3.63, 3.8) is 0 Å². The number of allylic oxidation sites excluding steroid dienone is 1. The monoisotopic (exact) mass is 600 g/mol. The molecule has 13 nitrogen and oxygen atoms in total. The molecule has 0 radical (unpaired) electrons. The Kier molecular flexibility index (Phi) is 10.6. The van der Waals surface area contributed by atoms with Crippen LogP contribution in [-0.4, -0.2) is 86.5 Å². The number of H-pyrrole nitrogens is 1. The molecule has 3 heterocycles. The molecule has 230 valence electrons.